The lowest BCUT2D eigenvalue weighted by Crippen LogP contribution is -2.49. The normalized spacial score (nSPS) is 19.9. The van der Waals surface area contributed by atoms with E-state index in [4.69, 9.17) is 0 Å². The van der Waals surface area contributed by atoms with Gasteiger partial charge in [-0.3, -0.25) is 9.59 Å². The van der Waals surface area contributed by atoms with Gasteiger partial charge in [0.15, 0.2) is 0 Å². The molecular weight excluding hydrogens is 727 g/mol. The van der Waals surface area contributed by atoms with Gasteiger partial charge in [0.2, 0.25) is 11.7 Å². The van der Waals surface area contributed by atoms with Crippen molar-refractivity contribution in [3.8, 4) is 5.75 Å². The fourth-order valence-electron chi connectivity index (χ4n) is 6.03. The number of thioether (sulfide) groups is 1. The van der Waals surface area contributed by atoms with Crippen LogP contribution in [0.1, 0.15) is 175 Å². The number of likely N-dealkylation sites (tertiary alicyclic amines) is 2. The Labute approximate surface area is 357 Å². The highest BCUT2D eigenvalue weighted by atomic mass is 32.2. The van der Waals surface area contributed by atoms with Gasteiger partial charge in [-0.2, -0.15) is 0 Å². The molecule has 1 atom stereocenters. The second kappa shape index (κ2) is 22.1. The molecule has 0 aromatic carbocycles. The first kappa shape index (κ1) is 55.2. The quantitative estimate of drug-likeness (QED) is 0.259. The number of amides is 1. The Hall–Kier alpha value is -1.84. The van der Waals surface area contributed by atoms with Gasteiger partial charge in [-0.25, -0.2) is 4.98 Å². The molecule has 5 rings (SSSR count). The van der Waals surface area contributed by atoms with Gasteiger partial charge in [-0.1, -0.05) is 163 Å². The maximum atomic E-state index is 11.3. The van der Waals surface area contributed by atoms with Crippen LogP contribution in [-0.2, 0) is 10.2 Å². The Morgan fingerprint density at radius 2 is 1.11 bits per heavy atom. The van der Waals surface area contributed by atoms with Crippen molar-refractivity contribution in [1.82, 2.24) is 25.1 Å². The van der Waals surface area contributed by atoms with Crippen molar-refractivity contribution in [3.05, 3.63) is 33.5 Å². The van der Waals surface area contributed by atoms with E-state index in [2.05, 4.69) is 157 Å². The van der Waals surface area contributed by atoms with Crippen LogP contribution in [0.2, 0.25) is 0 Å². The Morgan fingerprint density at radius 3 is 1.30 bits per heavy atom. The molecule has 3 N–H and O–H groups in total. The fraction of sp³-hybridized carbons (Fsp3) is 0.854. The van der Waals surface area contributed by atoms with E-state index in [0.29, 0.717) is 33.2 Å². The van der Waals surface area contributed by atoms with Crippen molar-refractivity contribution in [1.29, 1.82) is 0 Å². The zero-order chi connectivity index (χ0) is 45.1. The van der Waals surface area contributed by atoms with Crippen LogP contribution in [0.5, 0.6) is 5.75 Å². The molecule has 0 spiro atoms. The topological polar surface area (TPSA) is 102 Å². The largest absolute Gasteiger partial charge is 0.502 e. The van der Waals surface area contributed by atoms with Crippen LogP contribution < -0.4 is 10.9 Å². The van der Waals surface area contributed by atoms with Crippen molar-refractivity contribution in [2.75, 3.05) is 40.3 Å². The molecule has 1 aromatic heterocycles. The van der Waals surface area contributed by atoms with Crippen LogP contribution in [0, 0.1) is 51.8 Å². The molecular formula is C48H93N5O3S. The number of hydrogen-bond donors (Lipinski definition) is 3. The summed E-state index contributed by atoms with van der Waals surface area (Å²) in [5.41, 5.74) is 2.06. The van der Waals surface area contributed by atoms with Gasteiger partial charge < -0.3 is 25.2 Å². The molecule has 0 radical (unpaired) electrons. The monoisotopic (exact) mass is 820 g/mol. The highest BCUT2D eigenvalue weighted by molar-refractivity contribution is 8.04. The first-order valence-electron chi connectivity index (χ1n) is 21.7. The number of nitrogens with zero attached hydrogens (tertiary/aromatic N) is 3. The number of hydrogen-bond acceptors (Lipinski definition) is 7. The van der Waals surface area contributed by atoms with E-state index in [-0.39, 0.29) is 27.7 Å². The van der Waals surface area contributed by atoms with Crippen molar-refractivity contribution >= 4 is 17.7 Å². The number of nitrogens with one attached hydrogen (secondary N) is 2. The minimum atomic E-state index is -0.475. The Balaban J connectivity index is 0.000000671. The molecule has 1 aliphatic carbocycles. The molecule has 9 heteroatoms. The molecule has 1 aromatic rings. The lowest BCUT2D eigenvalue weighted by atomic mass is 9.69. The Kier molecular flexibility index (Phi) is 21.4. The van der Waals surface area contributed by atoms with Crippen LogP contribution >= 0.6 is 11.8 Å². The molecule has 0 bridgehead atoms. The van der Waals surface area contributed by atoms with E-state index in [0.717, 1.165) is 29.2 Å². The van der Waals surface area contributed by atoms with Crippen LogP contribution in [0.15, 0.2) is 16.4 Å². The molecule has 3 saturated heterocycles. The minimum Gasteiger partial charge on any atom is -0.502 e. The van der Waals surface area contributed by atoms with E-state index < -0.39 is 5.56 Å². The van der Waals surface area contributed by atoms with Gasteiger partial charge in [0.05, 0.1) is 16.0 Å². The third-order valence-electron chi connectivity index (χ3n) is 11.3. The number of rotatable bonds is 1. The van der Waals surface area contributed by atoms with Crippen LogP contribution in [0.3, 0.4) is 0 Å². The number of aromatic amines is 1. The van der Waals surface area contributed by atoms with E-state index in [1.54, 1.807) is 18.7 Å². The lowest BCUT2D eigenvalue weighted by molar-refractivity contribution is -0.119. The molecule has 57 heavy (non-hydrogen) atoms. The number of H-pyrrole nitrogens is 1. The summed E-state index contributed by atoms with van der Waals surface area (Å²) in [7, 11) is 4.37. The minimum absolute atomic E-state index is 0.0671. The van der Waals surface area contributed by atoms with Gasteiger partial charge in [-0.15, -0.1) is 0 Å². The second-order valence-electron chi connectivity index (χ2n) is 23.9. The van der Waals surface area contributed by atoms with E-state index in [1.165, 1.54) is 51.9 Å². The smallest absolute Gasteiger partial charge is 0.293 e. The van der Waals surface area contributed by atoms with Crippen molar-refractivity contribution < 1.29 is 9.90 Å². The summed E-state index contributed by atoms with van der Waals surface area (Å²) in [5.74, 6) is 3.25. The van der Waals surface area contributed by atoms with Crippen molar-refractivity contribution in [3.63, 3.8) is 0 Å². The standard InChI is InChI=1S/C9H14N2O2.C9H15NOS.2C8H17N.C8H16.C6H14/c1-5-10-7(9(2,3)4)6(12)8(13)11-5;1-6-10-8(11)7(12-6)5-9(2,3)4;2*1-8(2,3)7-5-9(4)6-7;1-8(2,3)7-5-4-6-7;1-5-6(2,3)4/h12H,1-4H3,(H,10,11,13);7H,1,5H2,2-4H3,(H,10,11);2*7H,5-6H2,1-4H3;7H,4-6H2,1-3H3;5H2,1-4H3. The summed E-state index contributed by atoms with van der Waals surface area (Å²) in [6, 6.07) is 0. The Morgan fingerprint density at radius 1 is 0.719 bits per heavy atom. The number of aryl methyl sites for hydroxylation is 1. The fourth-order valence-corrected chi connectivity index (χ4v) is 7.29. The summed E-state index contributed by atoms with van der Waals surface area (Å²) in [6.45, 7) is 52.6. The first-order valence-corrected chi connectivity index (χ1v) is 22.6. The summed E-state index contributed by atoms with van der Waals surface area (Å²) < 4.78 is 0. The summed E-state index contributed by atoms with van der Waals surface area (Å²) in [4.78, 5) is 33.7. The number of carbonyl (C=O) groups excluding carboxylic acids is 1. The molecule has 1 amide bonds. The number of aromatic nitrogens is 2. The van der Waals surface area contributed by atoms with Crippen LogP contribution in [-0.4, -0.2) is 76.3 Å². The Bertz CT molecular complexity index is 1380. The summed E-state index contributed by atoms with van der Waals surface area (Å²) in [6.07, 6.45) is 6.60. The van der Waals surface area contributed by atoms with Gasteiger partial charge >= 0.3 is 0 Å². The predicted octanol–water partition coefficient (Wildman–Crippen LogP) is 11.7. The second-order valence-corrected chi connectivity index (χ2v) is 25.2. The van der Waals surface area contributed by atoms with Crippen LogP contribution in [0.25, 0.3) is 0 Å². The summed E-state index contributed by atoms with van der Waals surface area (Å²) in [5, 5.41) is 13.0. The molecule has 3 aliphatic heterocycles. The van der Waals surface area contributed by atoms with Crippen LogP contribution in [0.4, 0.5) is 0 Å². The SMILES string of the molecule is C=C1NC(=O)C(CC(C)(C)C)S1.CC(C)(C)C1CCC1.CCC(C)(C)C.CN1CC(C(C)(C)C)C1.CN1CC(C(C)(C)C)C1.Cc1nc(C(C)(C)C)c(O)c(=O)[nH]1. The molecule has 1 unspecified atom stereocenters. The zero-order valence-electron chi connectivity index (χ0n) is 41.4. The maximum absolute atomic E-state index is 11.3. The van der Waals surface area contributed by atoms with Gasteiger partial charge in [0, 0.05) is 31.6 Å². The van der Waals surface area contributed by atoms with Gasteiger partial charge in [-0.05, 0) is 85.1 Å². The van der Waals surface area contributed by atoms with Crippen molar-refractivity contribution in [2.45, 2.75) is 181 Å². The average Bonchev–Trinajstić information content (AvgIpc) is 3.23. The van der Waals surface area contributed by atoms with E-state index >= 15 is 0 Å². The molecule has 4 fully saturated rings. The highest BCUT2D eigenvalue weighted by Crippen LogP contribution is 2.41. The molecule has 4 heterocycles. The van der Waals surface area contributed by atoms with E-state index in [1.807, 2.05) is 20.8 Å². The molecule has 334 valence electrons. The van der Waals surface area contributed by atoms with Crippen molar-refractivity contribution in [2.24, 2.45) is 44.8 Å². The van der Waals surface area contributed by atoms with Gasteiger partial charge in [0.1, 0.15) is 5.82 Å². The lowest BCUT2D eigenvalue weighted by Gasteiger charge is -2.44. The van der Waals surface area contributed by atoms with E-state index in [9.17, 15) is 14.7 Å². The van der Waals surface area contributed by atoms with Gasteiger partial charge in [0.25, 0.3) is 5.56 Å². The number of aromatic hydroxyl groups is 1. The predicted molar refractivity (Wildman–Crippen MR) is 250 cm³/mol. The molecule has 8 nitrogen and oxygen atoms in total. The highest BCUT2D eigenvalue weighted by Gasteiger charge is 2.34. The number of carbonyl (C=O) groups is 1. The third-order valence-corrected chi connectivity index (χ3v) is 12.4. The molecule has 4 aliphatic rings. The zero-order valence-corrected chi connectivity index (χ0v) is 42.2. The summed E-state index contributed by atoms with van der Waals surface area (Å²) >= 11 is 1.55. The average molecular weight is 820 g/mol. The first-order chi connectivity index (χ1) is 25.4. The molecule has 1 saturated carbocycles. The third kappa shape index (κ3) is 22.9. The maximum Gasteiger partial charge on any atom is 0.293 e.